The van der Waals surface area contributed by atoms with Gasteiger partial charge in [-0.05, 0) is 24.5 Å². The Labute approximate surface area is 118 Å². The quantitative estimate of drug-likeness (QED) is 0.293. The molecule has 0 aliphatic carbocycles. The summed E-state index contributed by atoms with van der Waals surface area (Å²) < 4.78 is 0. The number of amides is 2. The first-order valence-electron chi connectivity index (χ1n) is 6.66. The van der Waals surface area contributed by atoms with Crippen molar-refractivity contribution in [3.8, 4) is 0 Å². The summed E-state index contributed by atoms with van der Waals surface area (Å²) in [5.74, 6) is -0.498. The van der Waals surface area contributed by atoms with Crippen LogP contribution < -0.4 is 10.8 Å². The summed E-state index contributed by atoms with van der Waals surface area (Å²) >= 11 is 0. The van der Waals surface area contributed by atoms with Crippen LogP contribution in [0, 0.1) is 0 Å². The molecule has 0 aliphatic heterocycles. The lowest BCUT2D eigenvalue weighted by molar-refractivity contribution is -0.129. The highest BCUT2D eigenvalue weighted by Gasteiger charge is 1.99. The number of nitrogens with one attached hydrogen (secondary N) is 2. The van der Waals surface area contributed by atoms with Gasteiger partial charge in [-0.2, -0.15) is 0 Å². The Bertz CT molecular complexity index is 444. The summed E-state index contributed by atoms with van der Waals surface area (Å²) in [6, 6.07) is 9.61. The molecule has 20 heavy (non-hydrogen) atoms. The maximum Gasteiger partial charge on any atom is 0.243 e. The Kier molecular flexibility index (Phi) is 7.76. The van der Waals surface area contributed by atoms with Crippen LogP contribution >= 0.6 is 0 Å². The molecule has 1 rings (SSSR count). The van der Waals surface area contributed by atoms with Gasteiger partial charge in [0, 0.05) is 19.0 Å². The summed E-state index contributed by atoms with van der Waals surface area (Å²) in [5, 5.41) is 11.1. The van der Waals surface area contributed by atoms with Crippen LogP contribution in [0.4, 0.5) is 0 Å². The topological polar surface area (TPSA) is 78.4 Å². The number of carbonyl (C=O) groups excluding carboxylic acids is 2. The zero-order valence-corrected chi connectivity index (χ0v) is 11.3. The number of carbonyl (C=O) groups is 2. The van der Waals surface area contributed by atoms with Crippen LogP contribution in [-0.2, 0) is 9.59 Å². The maximum atomic E-state index is 11.5. The van der Waals surface area contributed by atoms with E-state index in [0.717, 1.165) is 18.4 Å². The molecule has 3 N–H and O–H groups in total. The van der Waals surface area contributed by atoms with E-state index in [9.17, 15) is 9.59 Å². The van der Waals surface area contributed by atoms with Gasteiger partial charge in [-0.25, -0.2) is 5.48 Å². The fourth-order valence-electron chi connectivity index (χ4n) is 1.65. The molecule has 0 saturated heterocycles. The Morgan fingerprint density at radius 3 is 2.55 bits per heavy atom. The predicted octanol–water partition coefficient (Wildman–Crippen LogP) is 1.88. The lowest BCUT2D eigenvalue weighted by Crippen LogP contribution is -2.22. The number of hydroxylamine groups is 1. The van der Waals surface area contributed by atoms with Gasteiger partial charge in [0.2, 0.25) is 11.8 Å². The van der Waals surface area contributed by atoms with Crippen LogP contribution in [0.5, 0.6) is 0 Å². The highest BCUT2D eigenvalue weighted by atomic mass is 16.5. The van der Waals surface area contributed by atoms with Gasteiger partial charge in [0.05, 0.1) is 0 Å². The largest absolute Gasteiger partial charge is 0.353 e. The van der Waals surface area contributed by atoms with Crippen LogP contribution in [0.2, 0.25) is 0 Å². The van der Waals surface area contributed by atoms with Gasteiger partial charge in [-0.3, -0.25) is 14.8 Å². The Hall–Kier alpha value is -2.14. The second-order valence-corrected chi connectivity index (χ2v) is 4.38. The molecule has 0 aliphatic rings. The Morgan fingerprint density at radius 1 is 1.10 bits per heavy atom. The summed E-state index contributed by atoms with van der Waals surface area (Å²) in [4.78, 5) is 22.2. The lowest BCUT2D eigenvalue weighted by Gasteiger charge is -2.02. The van der Waals surface area contributed by atoms with Crippen molar-refractivity contribution in [2.75, 3.05) is 6.54 Å². The second kappa shape index (κ2) is 9.75. The van der Waals surface area contributed by atoms with E-state index in [1.807, 2.05) is 30.3 Å². The zero-order valence-electron chi connectivity index (χ0n) is 11.3. The van der Waals surface area contributed by atoms with Crippen molar-refractivity contribution in [2.45, 2.75) is 25.7 Å². The van der Waals surface area contributed by atoms with Gasteiger partial charge in [-0.15, -0.1) is 0 Å². The van der Waals surface area contributed by atoms with Crippen molar-refractivity contribution >= 4 is 17.9 Å². The van der Waals surface area contributed by atoms with E-state index in [2.05, 4.69) is 5.32 Å². The number of hydrogen-bond acceptors (Lipinski definition) is 3. The van der Waals surface area contributed by atoms with Gasteiger partial charge in [-0.1, -0.05) is 36.8 Å². The number of hydrogen-bond donors (Lipinski definition) is 3. The van der Waals surface area contributed by atoms with E-state index in [-0.39, 0.29) is 11.8 Å². The lowest BCUT2D eigenvalue weighted by atomic mass is 10.2. The van der Waals surface area contributed by atoms with E-state index < -0.39 is 0 Å². The molecule has 0 atom stereocenters. The van der Waals surface area contributed by atoms with Gasteiger partial charge in [0.15, 0.2) is 0 Å². The van der Waals surface area contributed by atoms with E-state index in [4.69, 9.17) is 5.21 Å². The highest BCUT2D eigenvalue weighted by molar-refractivity contribution is 5.91. The summed E-state index contributed by atoms with van der Waals surface area (Å²) in [6.45, 7) is 0.582. The molecular weight excluding hydrogens is 256 g/mol. The third kappa shape index (κ3) is 7.33. The normalized spacial score (nSPS) is 10.4. The molecule has 5 heteroatoms. The average molecular weight is 276 g/mol. The Balaban J connectivity index is 2.09. The molecule has 0 unspecified atom stereocenters. The first-order chi connectivity index (χ1) is 9.72. The fourth-order valence-corrected chi connectivity index (χ4v) is 1.65. The zero-order chi connectivity index (χ0) is 14.6. The van der Waals surface area contributed by atoms with Gasteiger partial charge in [0.25, 0.3) is 0 Å². The van der Waals surface area contributed by atoms with Crippen molar-refractivity contribution in [1.82, 2.24) is 10.8 Å². The smallest absolute Gasteiger partial charge is 0.243 e. The molecule has 108 valence electrons. The van der Waals surface area contributed by atoms with Crippen molar-refractivity contribution in [1.29, 1.82) is 0 Å². The molecule has 0 spiro atoms. The van der Waals surface area contributed by atoms with Gasteiger partial charge >= 0.3 is 0 Å². The highest BCUT2D eigenvalue weighted by Crippen LogP contribution is 2.01. The monoisotopic (exact) mass is 276 g/mol. The fraction of sp³-hybridized carbons (Fsp3) is 0.333. The molecule has 1 aromatic carbocycles. The molecule has 0 bridgehead atoms. The molecular formula is C15H20N2O3. The molecule has 1 aromatic rings. The van der Waals surface area contributed by atoms with Crippen LogP contribution in [0.25, 0.3) is 6.08 Å². The van der Waals surface area contributed by atoms with Crippen molar-refractivity contribution in [2.24, 2.45) is 0 Å². The van der Waals surface area contributed by atoms with Crippen molar-refractivity contribution in [3.05, 3.63) is 42.0 Å². The third-order valence-electron chi connectivity index (χ3n) is 2.73. The summed E-state index contributed by atoms with van der Waals surface area (Å²) in [7, 11) is 0. The third-order valence-corrected chi connectivity index (χ3v) is 2.73. The predicted molar refractivity (Wildman–Crippen MR) is 76.9 cm³/mol. The molecule has 0 saturated carbocycles. The van der Waals surface area contributed by atoms with Crippen LogP contribution in [0.1, 0.15) is 31.2 Å². The molecule has 0 radical (unpaired) electrons. The number of unbranched alkanes of at least 4 members (excludes halogenated alkanes) is 2. The molecule has 0 fully saturated rings. The number of benzene rings is 1. The van der Waals surface area contributed by atoms with Gasteiger partial charge in [0.1, 0.15) is 0 Å². The second-order valence-electron chi connectivity index (χ2n) is 4.38. The van der Waals surface area contributed by atoms with Crippen molar-refractivity contribution in [3.63, 3.8) is 0 Å². The minimum atomic E-state index is -0.375. The van der Waals surface area contributed by atoms with Crippen molar-refractivity contribution < 1.29 is 14.8 Å². The van der Waals surface area contributed by atoms with E-state index >= 15 is 0 Å². The summed E-state index contributed by atoms with van der Waals surface area (Å²) in [5.41, 5.74) is 2.57. The summed E-state index contributed by atoms with van der Waals surface area (Å²) in [6.07, 6.45) is 5.91. The van der Waals surface area contributed by atoms with Crippen LogP contribution in [-0.4, -0.2) is 23.6 Å². The molecule has 2 amide bonds. The van der Waals surface area contributed by atoms with Gasteiger partial charge < -0.3 is 5.32 Å². The first-order valence-corrected chi connectivity index (χ1v) is 6.66. The van der Waals surface area contributed by atoms with E-state index in [1.54, 1.807) is 11.6 Å². The minimum Gasteiger partial charge on any atom is -0.353 e. The Morgan fingerprint density at radius 2 is 1.85 bits per heavy atom. The van der Waals surface area contributed by atoms with E-state index in [0.29, 0.717) is 19.4 Å². The molecule has 0 aromatic heterocycles. The maximum absolute atomic E-state index is 11.5. The number of rotatable bonds is 8. The van der Waals surface area contributed by atoms with Crippen LogP contribution in [0.15, 0.2) is 36.4 Å². The molecule has 0 heterocycles. The van der Waals surface area contributed by atoms with Crippen LogP contribution in [0.3, 0.4) is 0 Å². The van der Waals surface area contributed by atoms with E-state index in [1.165, 1.54) is 6.08 Å². The average Bonchev–Trinajstić information content (AvgIpc) is 2.49. The minimum absolute atomic E-state index is 0.123. The SMILES string of the molecule is O=C(/C=C/c1ccccc1)NCCCCCC(=O)NO. The first kappa shape index (κ1) is 15.9. The standard InChI is InChI=1S/C15H20N2O3/c18-14(11-10-13-7-3-1-4-8-13)16-12-6-2-5-9-15(19)17-20/h1,3-4,7-8,10-11,20H,2,5-6,9,12H2,(H,16,18)(H,17,19)/b11-10+. The molecule has 5 nitrogen and oxygen atoms in total.